The van der Waals surface area contributed by atoms with Crippen molar-refractivity contribution >= 4 is 0 Å². The Morgan fingerprint density at radius 3 is 2.67 bits per heavy atom. The Kier molecular flexibility index (Phi) is 4.28. The molecule has 1 saturated heterocycles. The monoisotopic (exact) mass is 283 g/mol. The Balaban J connectivity index is 1.53. The van der Waals surface area contributed by atoms with Crippen molar-refractivity contribution < 1.29 is 0 Å². The summed E-state index contributed by atoms with van der Waals surface area (Å²) in [6.45, 7) is 3.24. The van der Waals surface area contributed by atoms with Crippen LogP contribution in [-0.4, -0.2) is 37.6 Å². The zero-order chi connectivity index (χ0) is 14.7. The fourth-order valence-electron chi connectivity index (χ4n) is 3.51. The highest BCUT2D eigenvalue weighted by molar-refractivity contribution is 5.27. The van der Waals surface area contributed by atoms with Crippen molar-refractivity contribution in [3.8, 4) is 6.07 Å². The molecular weight excluding hydrogens is 258 g/mol. The van der Waals surface area contributed by atoms with Crippen molar-refractivity contribution in [2.75, 3.05) is 26.7 Å². The Morgan fingerprint density at radius 1 is 1.29 bits per heavy atom. The van der Waals surface area contributed by atoms with E-state index in [1.807, 2.05) is 0 Å². The molecule has 21 heavy (non-hydrogen) atoms. The molecule has 1 heterocycles. The van der Waals surface area contributed by atoms with Gasteiger partial charge in [-0.1, -0.05) is 30.3 Å². The van der Waals surface area contributed by atoms with Gasteiger partial charge in [-0.15, -0.1) is 0 Å². The van der Waals surface area contributed by atoms with Gasteiger partial charge in [-0.25, -0.2) is 0 Å². The molecule has 1 aliphatic heterocycles. The second-order valence-electron chi connectivity index (χ2n) is 6.88. The third-order valence-corrected chi connectivity index (χ3v) is 5.26. The number of piperidine rings is 1. The average molecular weight is 283 g/mol. The number of hydrogen-bond acceptors (Lipinski definition) is 3. The van der Waals surface area contributed by atoms with Crippen LogP contribution in [0.4, 0.5) is 0 Å². The van der Waals surface area contributed by atoms with Gasteiger partial charge in [0.1, 0.15) is 0 Å². The highest BCUT2D eigenvalue weighted by Crippen LogP contribution is 2.42. The van der Waals surface area contributed by atoms with Crippen LogP contribution in [0.1, 0.15) is 37.2 Å². The van der Waals surface area contributed by atoms with Gasteiger partial charge in [0.25, 0.3) is 0 Å². The maximum absolute atomic E-state index is 9.17. The van der Waals surface area contributed by atoms with Crippen molar-refractivity contribution in [3.05, 3.63) is 35.9 Å². The van der Waals surface area contributed by atoms with Crippen LogP contribution >= 0.6 is 0 Å². The molecule has 2 aliphatic rings. The summed E-state index contributed by atoms with van der Waals surface area (Å²) in [6, 6.07) is 13.8. The fourth-order valence-corrected chi connectivity index (χ4v) is 3.51. The summed E-state index contributed by atoms with van der Waals surface area (Å²) in [7, 11) is 2.18. The second kappa shape index (κ2) is 6.17. The first kappa shape index (κ1) is 14.6. The first-order chi connectivity index (χ1) is 10.2. The number of hydrogen-bond donors (Lipinski definition) is 1. The molecule has 0 aromatic heterocycles. The third kappa shape index (κ3) is 3.45. The maximum atomic E-state index is 9.17. The number of nitriles is 1. The van der Waals surface area contributed by atoms with Crippen molar-refractivity contribution in [3.63, 3.8) is 0 Å². The van der Waals surface area contributed by atoms with E-state index in [0.29, 0.717) is 18.4 Å². The molecule has 0 radical (unpaired) electrons. The van der Waals surface area contributed by atoms with Crippen LogP contribution in [0.15, 0.2) is 30.3 Å². The molecule has 3 heteroatoms. The van der Waals surface area contributed by atoms with Gasteiger partial charge in [0.15, 0.2) is 0 Å². The van der Waals surface area contributed by atoms with Gasteiger partial charge in [0.2, 0.25) is 0 Å². The van der Waals surface area contributed by atoms with Gasteiger partial charge in [-0.3, -0.25) is 0 Å². The van der Waals surface area contributed by atoms with E-state index in [9.17, 15) is 0 Å². The average Bonchev–Trinajstić information content (AvgIpc) is 3.29. The Labute approximate surface area is 128 Å². The third-order valence-electron chi connectivity index (χ3n) is 5.26. The van der Waals surface area contributed by atoms with Crippen LogP contribution in [0.2, 0.25) is 0 Å². The van der Waals surface area contributed by atoms with E-state index in [1.165, 1.54) is 12.0 Å². The maximum Gasteiger partial charge on any atom is 0.0628 e. The smallest absolute Gasteiger partial charge is 0.0628 e. The minimum absolute atomic E-state index is 0.199. The molecule has 0 bridgehead atoms. The topological polar surface area (TPSA) is 39.1 Å². The van der Waals surface area contributed by atoms with Gasteiger partial charge < -0.3 is 10.2 Å². The predicted molar refractivity (Wildman–Crippen MR) is 85.0 cm³/mol. The minimum Gasteiger partial charge on any atom is -0.313 e. The highest BCUT2D eigenvalue weighted by Gasteiger charge is 2.41. The molecular formula is C18H25N3. The molecule has 0 unspecified atom stereocenters. The molecule has 0 amide bonds. The Morgan fingerprint density at radius 2 is 2.00 bits per heavy atom. The number of rotatable bonds is 5. The summed E-state index contributed by atoms with van der Waals surface area (Å²) in [5, 5.41) is 12.9. The summed E-state index contributed by atoms with van der Waals surface area (Å²) in [4.78, 5) is 2.37. The normalized spacial score (nSPS) is 28.0. The van der Waals surface area contributed by atoms with E-state index in [-0.39, 0.29) is 5.41 Å². The number of nitrogens with zero attached hydrogens (tertiary/aromatic N) is 2. The van der Waals surface area contributed by atoms with Crippen molar-refractivity contribution in [2.24, 2.45) is 5.41 Å². The number of nitrogens with one attached hydrogen (secondary N) is 1. The molecule has 0 spiro atoms. The van der Waals surface area contributed by atoms with Crippen molar-refractivity contribution in [1.82, 2.24) is 10.2 Å². The molecule has 1 saturated carbocycles. The van der Waals surface area contributed by atoms with Crippen molar-refractivity contribution in [2.45, 2.75) is 37.6 Å². The van der Waals surface area contributed by atoms with Gasteiger partial charge in [-0.05, 0) is 50.4 Å². The van der Waals surface area contributed by atoms with Crippen LogP contribution in [0.5, 0.6) is 0 Å². The molecule has 112 valence electrons. The van der Waals surface area contributed by atoms with Crippen molar-refractivity contribution in [1.29, 1.82) is 5.26 Å². The largest absolute Gasteiger partial charge is 0.313 e. The zero-order valence-electron chi connectivity index (χ0n) is 12.9. The standard InChI is InChI=1S/C18H25N3/c1-21-11-8-18(7-10-19,9-12-21)14-20-17-13-16(17)15-5-3-2-4-6-15/h2-6,16-17,20H,7-9,11-14H2,1H3/t16-,17+/m0/s1. The summed E-state index contributed by atoms with van der Waals surface area (Å²) in [6.07, 6.45) is 4.22. The molecule has 1 N–H and O–H groups in total. The fraction of sp³-hybridized carbons (Fsp3) is 0.611. The molecule has 2 atom stereocenters. The van der Waals surface area contributed by atoms with E-state index in [4.69, 9.17) is 5.26 Å². The molecule has 3 nitrogen and oxygen atoms in total. The van der Waals surface area contributed by atoms with E-state index in [2.05, 4.69) is 53.7 Å². The van der Waals surface area contributed by atoms with E-state index < -0.39 is 0 Å². The van der Waals surface area contributed by atoms with Crippen LogP contribution in [0.3, 0.4) is 0 Å². The van der Waals surface area contributed by atoms with Crippen LogP contribution in [-0.2, 0) is 0 Å². The van der Waals surface area contributed by atoms with Gasteiger partial charge in [0.05, 0.1) is 6.07 Å². The van der Waals surface area contributed by atoms with E-state index in [0.717, 1.165) is 32.5 Å². The van der Waals surface area contributed by atoms with Crippen LogP contribution < -0.4 is 5.32 Å². The van der Waals surface area contributed by atoms with Crippen LogP contribution in [0, 0.1) is 16.7 Å². The van der Waals surface area contributed by atoms with Gasteiger partial charge >= 0.3 is 0 Å². The van der Waals surface area contributed by atoms with E-state index in [1.54, 1.807) is 0 Å². The Hall–Kier alpha value is -1.37. The molecule has 3 rings (SSSR count). The lowest BCUT2D eigenvalue weighted by atomic mass is 9.76. The van der Waals surface area contributed by atoms with Gasteiger partial charge in [0, 0.05) is 24.9 Å². The summed E-state index contributed by atoms with van der Waals surface area (Å²) in [5.41, 5.74) is 1.65. The molecule has 1 aromatic carbocycles. The molecule has 1 aromatic rings. The summed E-state index contributed by atoms with van der Waals surface area (Å²) in [5.74, 6) is 0.677. The quantitative estimate of drug-likeness (QED) is 0.903. The summed E-state index contributed by atoms with van der Waals surface area (Å²) >= 11 is 0. The zero-order valence-corrected chi connectivity index (χ0v) is 12.9. The first-order valence-electron chi connectivity index (χ1n) is 8.06. The lowest BCUT2D eigenvalue weighted by Crippen LogP contribution is -2.44. The lowest BCUT2D eigenvalue weighted by molar-refractivity contribution is 0.123. The predicted octanol–water partition coefficient (Wildman–Crippen LogP) is 2.76. The SMILES string of the molecule is CN1CCC(CC#N)(CN[C@@H]2C[C@H]2c2ccccc2)CC1. The minimum atomic E-state index is 0.199. The second-order valence-corrected chi connectivity index (χ2v) is 6.88. The number of benzene rings is 1. The highest BCUT2D eigenvalue weighted by atomic mass is 15.1. The Bertz CT molecular complexity index is 497. The van der Waals surface area contributed by atoms with E-state index >= 15 is 0 Å². The number of likely N-dealkylation sites (tertiary alicyclic amines) is 1. The van der Waals surface area contributed by atoms with Crippen LogP contribution in [0.25, 0.3) is 0 Å². The van der Waals surface area contributed by atoms with Gasteiger partial charge in [-0.2, -0.15) is 5.26 Å². The first-order valence-corrected chi connectivity index (χ1v) is 8.06. The summed E-state index contributed by atoms with van der Waals surface area (Å²) < 4.78 is 0. The molecule has 2 fully saturated rings. The lowest BCUT2D eigenvalue weighted by Gasteiger charge is -2.39. The molecule has 1 aliphatic carbocycles.